The van der Waals surface area contributed by atoms with Gasteiger partial charge in [0.15, 0.2) is 34.5 Å². The molecule has 238 valence electrons. The van der Waals surface area contributed by atoms with Gasteiger partial charge in [-0.3, -0.25) is 9.59 Å². The lowest BCUT2D eigenvalue weighted by molar-refractivity contribution is -0.0692. The summed E-state index contributed by atoms with van der Waals surface area (Å²) in [5, 5.41) is 17.6. The molecule has 4 N–H and O–H groups in total. The largest absolute Gasteiger partial charge is 0.504 e. The van der Waals surface area contributed by atoms with Crippen LogP contribution in [0.4, 0.5) is 35.1 Å². The van der Waals surface area contributed by atoms with Crippen molar-refractivity contribution < 1.29 is 73.9 Å². The first-order chi connectivity index (χ1) is 19.8. The molecular weight excluding hydrogens is 630 g/mol. The molecule has 0 saturated carbocycles. The highest BCUT2D eigenvalue weighted by Crippen LogP contribution is 2.32. The zero-order valence-corrected chi connectivity index (χ0v) is 22.0. The van der Waals surface area contributed by atoms with Crippen molar-refractivity contribution in [1.29, 1.82) is 0 Å². The number of hydrogen-bond acceptors (Lipinski definition) is 9. The molecule has 18 heteroatoms. The Bertz CT molecular complexity index is 1290. The molecule has 9 nitrogen and oxygen atoms in total. The molecule has 43 heavy (non-hydrogen) atoms. The predicted octanol–water partition coefficient (Wildman–Crippen LogP) is 6.38. The van der Waals surface area contributed by atoms with E-state index in [9.17, 15) is 44.7 Å². The second-order valence-electron chi connectivity index (χ2n) is 7.19. The van der Waals surface area contributed by atoms with E-state index < -0.39 is 49.4 Å². The second-order valence-corrected chi connectivity index (χ2v) is 7.19. The highest BCUT2D eigenvalue weighted by atomic mass is 35.5. The van der Waals surface area contributed by atoms with Crippen LogP contribution in [0.2, 0.25) is 0 Å². The molecule has 0 aliphatic rings. The van der Waals surface area contributed by atoms with E-state index in [1.165, 1.54) is 24.3 Å². The number of rotatable bonds is 11. The third-order valence-electron chi connectivity index (χ3n) is 4.35. The quantitative estimate of drug-likeness (QED) is 0.122. The number of ether oxygens (including phenoxy) is 4. The Morgan fingerprint density at radius 3 is 1.40 bits per heavy atom. The maximum atomic E-state index is 12.0. The molecule has 0 fully saturated rings. The Hall–Kier alpha value is -4.51. The van der Waals surface area contributed by atoms with E-state index in [2.05, 4.69) is 18.9 Å². The molecule has 0 atom stereocenters. The minimum absolute atomic E-state index is 0. The molecule has 0 aliphatic heterocycles. The number of phenolic OH excluding ortho intramolecular Hbond substituents is 2. The average molecular weight is 652 g/mol. The zero-order valence-electron chi connectivity index (χ0n) is 21.2. The summed E-state index contributed by atoms with van der Waals surface area (Å²) >= 11 is 0. The van der Waals surface area contributed by atoms with Crippen LogP contribution in [0.1, 0.15) is 26.3 Å². The number of alkyl halides is 8. The van der Waals surface area contributed by atoms with Crippen LogP contribution in [0.25, 0.3) is 0 Å². The molecule has 3 aromatic rings. The molecule has 0 spiro atoms. The number of nitrogens with two attached hydrogens (primary N) is 1. The standard InChI is InChI=1S/C9H9F4NO2.C9H6F4O3.C7H6O3.ClH/c2*10-8(11)15-6-2-1-5(4-14)3-7(6)16-9(12)13;8-4-5-1-2-6(9)7(10)3-5;/h1-3,8-9H,4,14H2;1-4,8-9H;1-4,9-10H;1H. The van der Waals surface area contributed by atoms with Gasteiger partial charge in [0.1, 0.15) is 12.6 Å². The normalized spacial score (nSPS) is 10.2. The lowest BCUT2D eigenvalue weighted by Crippen LogP contribution is -2.08. The summed E-state index contributed by atoms with van der Waals surface area (Å²) in [5.74, 6) is -2.57. The Morgan fingerprint density at radius 1 is 0.581 bits per heavy atom. The summed E-state index contributed by atoms with van der Waals surface area (Å²) in [6.07, 6.45) is 0.962. The number of hydrogen-bond donors (Lipinski definition) is 3. The summed E-state index contributed by atoms with van der Waals surface area (Å²) < 4.78 is 111. The minimum atomic E-state index is -3.19. The zero-order chi connectivity index (χ0) is 31.8. The number of benzene rings is 3. The van der Waals surface area contributed by atoms with E-state index in [1.807, 2.05) is 0 Å². The lowest BCUT2D eigenvalue weighted by Gasteiger charge is -2.12. The third-order valence-corrected chi connectivity index (χ3v) is 4.35. The molecule has 3 aromatic carbocycles. The van der Waals surface area contributed by atoms with Crippen LogP contribution in [-0.2, 0) is 6.54 Å². The summed E-state index contributed by atoms with van der Waals surface area (Å²) in [6, 6.07) is 10.5. The first-order valence-electron chi connectivity index (χ1n) is 11.0. The topological polar surface area (TPSA) is 138 Å². The van der Waals surface area contributed by atoms with Gasteiger partial charge in [0.05, 0.1) is 0 Å². The molecule has 3 rings (SSSR count). The van der Waals surface area contributed by atoms with Gasteiger partial charge in [-0.15, -0.1) is 12.4 Å². The van der Waals surface area contributed by atoms with E-state index in [0.717, 1.165) is 30.3 Å². The molecule has 0 bridgehead atoms. The van der Waals surface area contributed by atoms with Crippen molar-refractivity contribution in [1.82, 2.24) is 0 Å². The molecular formula is C25H22ClF8NO8. The predicted molar refractivity (Wildman–Crippen MR) is 135 cm³/mol. The molecule has 0 unspecified atom stereocenters. The van der Waals surface area contributed by atoms with Crippen molar-refractivity contribution in [3.8, 4) is 34.5 Å². The SMILES string of the molecule is Cl.NCc1ccc(OC(F)F)c(OC(F)F)c1.O=Cc1ccc(O)c(O)c1.O=Cc1ccc(OC(F)F)c(OC(F)F)c1. The van der Waals surface area contributed by atoms with Gasteiger partial charge in [-0.05, 0) is 54.1 Å². The van der Waals surface area contributed by atoms with Gasteiger partial charge in [0, 0.05) is 17.7 Å². The fourth-order valence-electron chi connectivity index (χ4n) is 2.65. The molecule has 0 amide bonds. The van der Waals surface area contributed by atoms with Crippen LogP contribution in [-0.4, -0.2) is 49.2 Å². The number of carbonyl (C=O) groups is 2. The molecule has 0 heterocycles. The fraction of sp³-hybridized carbons (Fsp3) is 0.200. The Kier molecular flexibility index (Phi) is 17.5. The van der Waals surface area contributed by atoms with Gasteiger partial charge >= 0.3 is 26.4 Å². The fourth-order valence-corrected chi connectivity index (χ4v) is 2.65. The van der Waals surface area contributed by atoms with Gasteiger partial charge in [-0.25, -0.2) is 0 Å². The van der Waals surface area contributed by atoms with Crippen LogP contribution in [0.3, 0.4) is 0 Å². The number of halogens is 9. The average Bonchev–Trinajstić information content (AvgIpc) is 2.92. The monoisotopic (exact) mass is 651 g/mol. The van der Waals surface area contributed by atoms with Crippen molar-refractivity contribution in [3.63, 3.8) is 0 Å². The van der Waals surface area contributed by atoms with E-state index in [-0.39, 0.29) is 36.0 Å². The van der Waals surface area contributed by atoms with E-state index >= 15 is 0 Å². The van der Waals surface area contributed by atoms with Gasteiger partial charge in [0.25, 0.3) is 0 Å². The van der Waals surface area contributed by atoms with Crippen molar-refractivity contribution in [2.45, 2.75) is 33.0 Å². The Morgan fingerprint density at radius 2 is 0.977 bits per heavy atom. The first kappa shape index (κ1) is 38.5. The van der Waals surface area contributed by atoms with Gasteiger partial charge in [0.2, 0.25) is 0 Å². The van der Waals surface area contributed by atoms with Crippen LogP contribution < -0.4 is 24.7 Å². The van der Waals surface area contributed by atoms with Gasteiger partial charge in [-0.1, -0.05) is 6.07 Å². The van der Waals surface area contributed by atoms with Crippen molar-refractivity contribution in [2.75, 3.05) is 0 Å². The highest BCUT2D eigenvalue weighted by molar-refractivity contribution is 5.85. The summed E-state index contributed by atoms with van der Waals surface area (Å²) in [7, 11) is 0. The highest BCUT2D eigenvalue weighted by Gasteiger charge is 2.16. The lowest BCUT2D eigenvalue weighted by atomic mass is 10.2. The maximum absolute atomic E-state index is 12.0. The van der Waals surface area contributed by atoms with E-state index in [0.29, 0.717) is 23.7 Å². The number of aldehydes is 2. The van der Waals surface area contributed by atoms with Crippen molar-refractivity contribution >= 4 is 25.0 Å². The third kappa shape index (κ3) is 14.8. The second kappa shape index (κ2) is 19.6. The number of aromatic hydroxyl groups is 2. The number of phenols is 2. The minimum Gasteiger partial charge on any atom is -0.504 e. The smallest absolute Gasteiger partial charge is 0.387 e. The summed E-state index contributed by atoms with van der Waals surface area (Å²) in [4.78, 5) is 20.4. The van der Waals surface area contributed by atoms with Crippen LogP contribution in [0.15, 0.2) is 54.6 Å². The molecule has 0 radical (unpaired) electrons. The number of carbonyl (C=O) groups excluding carboxylic acids is 2. The van der Waals surface area contributed by atoms with E-state index in [4.69, 9.17) is 15.9 Å². The first-order valence-corrected chi connectivity index (χ1v) is 11.0. The van der Waals surface area contributed by atoms with Crippen molar-refractivity contribution in [3.05, 3.63) is 71.3 Å². The van der Waals surface area contributed by atoms with Crippen LogP contribution >= 0.6 is 12.4 Å². The molecule has 0 saturated heterocycles. The van der Waals surface area contributed by atoms with Crippen LogP contribution in [0.5, 0.6) is 34.5 Å². The molecule has 0 aromatic heterocycles. The summed E-state index contributed by atoms with van der Waals surface area (Å²) in [5.41, 5.74) is 6.09. The maximum Gasteiger partial charge on any atom is 0.387 e. The summed E-state index contributed by atoms with van der Waals surface area (Å²) in [6.45, 7) is -12.5. The Balaban J connectivity index is 0.000000625. The van der Waals surface area contributed by atoms with Crippen molar-refractivity contribution in [2.24, 2.45) is 5.73 Å². The van der Waals surface area contributed by atoms with E-state index in [1.54, 1.807) is 0 Å². The van der Waals surface area contributed by atoms with Crippen LogP contribution in [0, 0.1) is 0 Å². The molecule has 0 aliphatic carbocycles. The Labute approximate surface area is 243 Å². The van der Waals surface area contributed by atoms with Gasteiger partial charge in [-0.2, -0.15) is 35.1 Å². The van der Waals surface area contributed by atoms with Gasteiger partial charge < -0.3 is 34.9 Å².